The van der Waals surface area contributed by atoms with E-state index in [0.29, 0.717) is 0 Å². The highest BCUT2D eigenvalue weighted by Gasteiger charge is 2.32. The fourth-order valence-electron chi connectivity index (χ4n) is 2.57. The van der Waals surface area contributed by atoms with Gasteiger partial charge in [0.1, 0.15) is 17.7 Å². The highest BCUT2D eigenvalue weighted by atomic mass is 19.1. The van der Waals surface area contributed by atoms with E-state index in [4.69, 9.17) is 15.1 Å². The normalized spacial score (nSPS) is 16.8. The topological polar surface area (TPSA) is 93.8 Å². The molecule has 2 aromatic carbocycles. The molecule has 0 unspecified atom stereocenters. The molecule has 0 saturated carbocycles. The van der Waals surface area contributed by atoms with E-state index in [0.717, 1.165) is 6.07 Å². The third-order valence-electron chi connectivity index (χ3n) is 3.76. The number of nitriles is 1. The SMILES string of the molecule is N#Cc1ccc(O)cc1-c1ccc(N2C[C@H](CO)OC2=O)cc1F. The molecule has 2 aromatic rings. The first-order chi connectivity index (χ1) is 11.5. The first-order valence-corrected chi connectivity index (χ1v) is 7.15. The summed E-state index contributed by atoms with van der Waals surface area (Å²) in [7, 11) is 0. The van der Waals surface area contributed by atoms with Crippen molar-refractivity contribution >= 4 is 11.8 Å². The van der Waals surface area contributed by atoms with Gasteiger partial charge in [0, 0.05) is 11.1 Å². The number of aromatic hydroxyl groups is 1. The van der Waals surface area contributed by atoms with E-state index in [1.807, 2.05) is 6.07 Å². The molecule has 7 heteroatoms. The number of phenolic OH excluding ortho intramolecular Hbond substituents is 1. The van der Waals surface area contributed by atoms with Crippen molar-refractivity contribution in [1.82, 2.24) is 0 Å². The number of amides is 1. The third-order valence-corrected chi connectivity index (χ3v) is 3.76. The smallest absolute Gasteiger partial charge is 0.414 e. The van der Waals surface area contributed by atoms with E-state index < -0.39 is 18.0 Å². The summed E-state index contributed by atoms with van der Waals surface area (Å²) in [5, 5.41) is 27.8. The van der Waals surface area contributed by atoms with Gasteiger partial charge < -0.3 is 14.9 Å². The molecule has 122 valence electrons. The molecule has 2 N–H and O–H groups in total. The number of ether oxygens (including phenoxy) is 1. The van der Waals surface area contributed by atoms with Crippen LogP contribution in [0.25, 0.3) is 11.1 Å². The maximum Gasteiger partial charge on any atom is 0.414 e. The van der Waals surface area contributed by atoms with Crippen LogP contribution in [0.15, 0.2) is 36.4 Å². The Bertz CT molecular complexity index is 847. The second-order valence-corrected chi connectivity index (χ2v) is 5.30. The lowest BCUT2D eigenvalue weighted by molar-refractivity contribution is 0.0963. The largest absolute Gasteiger partial charge is 0.508 e. The molecule has 1 amide bonds. The molecular weight excluding hydrogens is 315 g/mol. The average Bonchev–Trinajstić information content (AvgIpc) is 2.96. The van der Waals surface area contributed by atoms with Crippen LogP contribution in [0.4, 0.5) is 14.9 Å². The van der Waals surface area contributed by atoms with E-state index >= 15 is 0 Å². The number of aliphatic hydroxyl groups excluding tert-OH is 1. The van der Waals surface area contributed by atoms with Crippen molar-refractivity contribution in [2.45, 2.75) is 6.10 Å². The van der Waals surface area contributed by atoms with Crippen LogP contribution in [0.5, 0.6) is 5.75 Å². The minimum atomic E-state index is -0.656. The van der Waals surface area contributed by atoms with Crippen LogP contribution in [-0.4, -0.2) is 35.6 Å². The number of hydrogen-bond acceptors (Lipinski definition) is 5. The van der Waals surface area contributed by atoms with Crippen molar-refractivity contribution in [2.24, 2.45) is 0 Å². The van der Waals surface area contributed by atoms with Crippen LogP contribution in [-0.2, 0) is 4.74 Å². The maximum absolute atomic E-state index is 14.5. The van der Waals surface area contributed by atoms with Crippen LogP contribution >= 0.6 is 0 Å². The number of nitrogens with zero attached hydrogens (tertiary/aromatic N) is 2. The highest BCUT2D eigenvalue weighted by molar-refractivity contribution is 5.90. The van der Waals surface area contributed by atoms with Crippen LogP contribution in [0.2, 0.25) is 0 Å². The molecule has 0 aliphatic carbocycles. The Hall–Kier alpha value is -3.11. The lowest BCUT2D eigenvalue weighted by Crippen LogP contribution is -2.25. The van der Waals surface area contributed by atoms with E-state index in [-0.39, 0.29) is 41.3 Å². The van der Waals surface area contributed by atoms with Gasteiger partial charge in [-0.2, -0.15) is 5.26 Å². The summed E-state index contributed by atoms with van der Waals surface area (Å²) in [5.41, 5.74) is 0.910. The lowest BCUT2D eigenvalue weighted by atomic mass is 9.99. The molecule has 1 heterocycles. The Labute approximate surface area is 136 Å². The predicted molar refractivity (Wildman–Crippen MR) is 82.9 cm³/mol. The Morgan fingerprint density at radius 2 is 2.08 bits per heavy atom. The quantitative estimate of drug-likeness (QED) is 0.902. The summed E-state index contributed by atoms with van der Waals surface area (Å²) in [5.74, 6) is -0.726. The Morgan fingerprint density at radius 3 is 2.71 bits per heavy atom. The molecule has 0 radical (unpaired) electrons. The van der Waals surface area contributed by atoms with Gasteiger partial charge in [-0.15, -0.1) is 0 Å². The zero-order valence-electron chi connectivity index (χ0n) is 12.4. The Morgan fingerprint density at radius 1 is 1.29 bits per heavy atom. The lowest BCUT2D eigenvalue weighted by Gasteiger charge is -2.14. The molecular formula is C17H13FN2O4. The van der Waals surface area contributed by atoms with Crippen LogP contribution in [0.3, 0.4) is 0 Å². The molecule has 1 aliphatic heterocycles. The standard InChI is InChI=1S/C17H13FN2O4/c18-16-5-11(20-8-13(9-21)24-17(20)23)2-4-14(16)15-6-12(22)3-1-10(15)7-19/h1-6,13,21-22H,8-9H2/t13-/m1/s1. The summed E-state index contributed by atoms with van der Waals surface area (Å²) < 4.78 is 19.4. The number of cyclic esters (lactones) is 1. The van der Waals surface area contributed by atoms with Gasteiger partial charge in [0.25, 0.3) is 0 Å². The number of phenols is 1. The second-order valence-electron chi connectivity index (χ2n) is 5.30. The summed E-state index contributed by atoms with van der Waals surface area (Å²) >= 11 is 0. The number of rotatable bonds is 3. The molecule has 1 fully saturated rings. The summed E-state index contributed by atoms with van der Waals surface area (Å²) in [6.07, 6.45) is -1.30. The van der Waals surface area contributed by atoms with E-state index in [9.17, 15) is 14.3 Å². The van der Waals surface area contributed by atoms with E-state index in [1.165, 1.54) is 35.2 Å². The van der Waals surface area contributed by atoms with Crippen molar-refractivity contribution in [3.05, 3.63) is 47.8 Å². The van der Waals surface area contributed by atoms with Gasteiger partial charge in [0.05, 0.1) is 30.5 Å². The predicted octanol–water partition coefficient (Wildman–Crippen LogP) is 2.39. The first-order valence-electron chi connectivity index (χ1n) is 7.15. The van der Waals surface area contributed by atoms with Gasteiger partial charge in [-0.1, -0.05) is 0 Å². The van der Waals surface area contributed by atoms with Gasteiger partial charge in [-0.3, -0.25) is 4.90 Å². The number of halogens is 1. The molecule has 1 saturated heterocycles. The summed E-state index contributed by atoms with van der Waals surface area (Å²) in [6, 6.07) is 10.1. The zero-order valence-corrected chi connectivity index (χ0v) is 12.4. The first kappa shape index (κ1) is 15.8. The zero-order chi connectivity index (χ0) is 17.3. The summed E-state index contributed by atoms with van der Waals surface area (Å²) in [6.45, 7) is -0.179. The molecule has 0 bridgehead atoms. The number of aliphatic hydroxyl groups is 1. The van der Waals surface area contributed by atoms with Gasteiger partial charge in [0.15, 0.2) is 0 Å². The molecule has 6 nitrogen and oxygen atoms in total. The van der Waals surface area contributed by atoms with Crippen LogP contribution in [0, 0.1) is 17.1 Å². The molecule has 24 heavy (non-hydrogen) atoms. The highest BCUT2D eigenvalue weighted by Crippen LogP contribution is 2.32. The second kappa shape index (κ2) is 6.18. The van der Waals surface area contributed by atoms with Crippen molar-refractivity contribution in [1.29, 1.82) is 5.26 Å². The number of hydrogen-bond donors (Lipinski definition) is 2. The minimum absolute atomic E-state index is 0.0821. The van der Waals surface area contributed by atoms with Gasteiger partial charge in [-0.25, -0.2) is 9.18 Å². The molecule has 1 aliphatic rings. The van der Waals surface area contributed by atoms with Crippen molar-refractivity contribution in [3.8, 4) is 22.9 Å². The molecule has 3 rings (SSSR count). The molecule has 0 spiro atoms. The fourth-order valence-corrected chi connectivity index (χ4v) is 2.57. The number of anilines is 1. The summed E-state index contributed by atoms with van der Waals surface area (Å²) in [4.78, 5) is 13.0. The minimum Gasteiger partial charge on any atom is -0.508 e. The van der Waals surface area contributed by atoms with Gasteiger partial charge in [0.2, 0.25) is 0 Å². The van der Waals surface area contributed by atoms with Crippen molar-refractivity contribution in [3.63, 3.8) is 0 Å². The van der Waals surface area contributed by atoms with Crippen molar-refractivity contribution in [2.75, 3.05) is 18.1 Å². The van der Waals surface area contributed by atoms with Crippen LogP contribution < -0.4 is 4.90 Å². The number of carbonyl (C=O) groups is 1. The average molecular weight is 328 g/mol. The Kier molecular flexibility index (Phi) is 4.06. The van der Waals surface area contributed by atoms with E-state index in [2.05, 4.69) is 0 Å². The molecule has 1 atom stereocenters. The van der Waals surface area contributed by atoms with Gasteiger partial charge >= 0.3 is 6.09 Å². The maximum atomic E-state index is 14.5. The molecule has 0 aromatic heterocycles. The fraction of sp³-hybridized carbons (Fsp3) is 0.176. The van der Waals surface area contributed by atoms with Gasteiger partial charge in [-0.05, 0) is 36.4 Å². The third kappa shape index (κ3) is 2.75. The number of carbonyl (C=O) groups excluding carboxylic acids is 1. The van der Waals surface area contributed by atoms with E-state index in [1.54, 1.807) is 0 Å². The monoisotopic (exact) mass is 328 g/mol. The van der Waals surface area contributed by atoms with Crippen molar-refractivity contribution < 1.29 is 24.1 Å². The Balaban J connectivity index is 1.99. The van der Waals surface area contributed by atoms with Crippen LogP contribution in [0.1, 0.15) is 5.56 Å². The number of benzene rings is 2.